The molecule has 8 nitrogen and oxygen atoms in total. The van der Waals surface area contributed by atoms with Crippen LogP contribution in [-0.4, -0.2) is 40.5 Å². The minimum atomic E-state index is -0.292. The van der Waals surface area contributed by atoms with E-state index in [1.54, 1.807) is 50.6 Å². The van der Waals surface area contributed by atoms with Crippen molar-refractivity contribution in [2.45, 2.75) is 6.54 Å². The van der Waals surface area contributed by atoms with Crippen LogP contribution < -0.4 is 20.5 Å². The van der Waals surface area contributed by atoms with E-state index in [-0.39, 0.29) is 31.3 Å². The molecule has 0 spiro atoms. The van der Waals surface area contributed by atoms with Crippen LogP contribution in [0.5, 0.6) is 11.5 Å². The molecule has 152 valence electrons. The fourth-order valence-electron chi connectivity index (χ4n) is 2.66. The number of rotatable bonds is 8. The van der Waals surface area contributed by atoms with Crippen LogP contribution >= 0.6 is 11.6 Å². The Morgan fingerprint density at radius 1 is 1.10 bits per heavy atom. The number of carbonyl (C=O) groups excluding carboxylic acids is 1. The van der Waals surface area contributed by atoms with E-state index in [0.29, 0.717) is 16.6 Å². The molecule has 9 heteroatoms. The lowest BCUT2D eigenvalue weighted by Crippen LogP contribution is -2.34. The van der Waals surface area contributed by atoms with Gasteiger partial charge in [0.2, 0.25) is 0 Å². The number of nitrogens with zero attached hydrogens (tertiary/aromatic N) is 3. The average Bonchev–Trinajstić information content (AvgIpc) is 3.02. The van der Waals surface area contributed by atoms with Gasteiger partial charge in [0.15, 0.2) is 12.4 Å². The van der Waals surface area contributed by atoms with Crippen LogP contribution in [0.15, 0.2) is 53.3 Å². The first-order valence-corrected chi connectivity index (χ1v) is 9.29. The summed E-state index contributed by atoms with van der Waals surface area (Å²) in [6.45, 7) is 0.368. The van der Waals surface area contributed by atoms with Crippen molar-refractivity contribution in [2.24, 2.45) is 7.05 Å². The van der Waals surface area contributed by atoms with E-state index in [9.17, 15) is 9.59 Å². The smallest absolute Gasteiger partial charge is 0.345 e. The molecule has 0 aliphatic rings. The topological polar surface area (TPSA) is 87.4 Å². The standard InChI is InChI=1S/C20H21ClN4O4/c1-24-19(14-3-7-16(28-2)8-4-14)23-25(20(24)27)12-11-22-18(26)13-29-17-9-5-15(21)6-10-17/h3-10H,11-13H2,1-2H3,(H,22,26). The molecule has 0 fully saturated rings. The Morgan fingerprint density at radius 3 is 2.41 bits per heavy atom. The number of methoxy groups -OCH3 is 1. The lowest BCUT2D eigenvalue weighted by Gasteiger charge is -2.07. The van der Waals surface area contributed by atoms with E-state index in [0.717, 1.165) is 11.3 Å². The fourth-order valence-corrected chi connectivity index (χ4v) is 2.78. The van der Waals surface area contributed by atoms with Crippen LogP contribution in [-0.2, 0) is 18.4 Å². The predicted octanol–water partition coefficient (Wildman–Crippen LogP) is 2.11. The summed E-state index contributed by atoms with van der Waals surface area (Å²) in [5, 5.41) is 7.67. The lowest BCUT2D eigenvalue weighted by atomic mass is 10.2. The van der Waals surface area contributed by atoms with Gasteiger partial charge < -0.3 is 14.8 Å². The highest BCUT2D eigenvalue weighted by Crippen LogP contribution is 2.19. The lowest BCUT2D eigenvalue weighted by molar-refractivity contribution is -0.123. The van der Waals surface area contributed by atoms with Crippen molar-refractivity contribution in [2.75, 3.05) is 20.3 Å². The molecule has 1 heterocycles. The predicted molar refractivity (Wildman–Crippen MR) is 109 cm³/mol. The van der Waals surface area contributed by atoms with Gasteiger partial charge in [0.1, 0.15) is 11.5 Å². The molecule has 0 saturated heterocycles. The van der Waals surface area contributed by atoms with Crippen LogP contribution in [0.2, 0.25) is 5.02 Å². The highest BCUT2D eigenvalue weighted by Gasteiger charge is 2.12. The van der Waals surface area contributed by atoms with Crippen molar-refractivity contribution in [3.8, 4) is 22.9 Å². The van der Waals surface area contributed by atoms with Gasteiger partial charge >= 0.3 is 5.69 Å². The third-order valence-electron chi connectivity index (χ3n) is 4.22. The summed E-state index contributed by atoms with van der Waals surface area (Å²) >= 11 is 5.80. The van der Waals surface area contributed by atoms with Gasteiger partial charge in [-0.3, -0.25) is 9.36 Å². The van der Waals surface area contributed by atoms with Gasteiger partial charge in [-0.15, -0.1) is 5.10 Å². The van der Waals surface area contributed by atoms with E-state index in [1.165, 1.54) is 9.25 Å². The molecule has 0 bridgehead atoms. The minimum absolute atomic E-state index is 0.129. The first-order valence-electron chi connectivity index (χ1n) is 8.91. The molecule has 0 aliphatic carbocycles. The number of ether oxygens (including phenoxy) is 2. The zero-order valence-electron chi connectivity index (χ0n) is 16.1. The number of carbonyl (C=O) groups is 1. The van der Waals surface area contributed by atoms with E-state index >= 15 is 0 Å². The SMILES string of the molecule is COc1ccc(-c2nn(CCNC(=O)COc3ccc(Cl)cc3)c(=O)n2C)cc1. The second-order valence-electron chi connectivity index (χ2n) is 6.21. The third kappa shape index (κ3) is 5.17. The highest BCUT2D eigenvalue weighted by molar-refractivity contribution is 6.30. The normalized spacial score (nSPS) is 10.6. The Balaban J connectivity index is 1.54. The van der Waals surface area contributed by atoms with E-state index < -0.39 is 0 Å². The van der Waals surface area contributed by atoms with Crippen molar-refractivity contribution < 1.29 is 14.3 Å². The van der Waals surface area contributed by atoms with Gasteiger partial charge in [-0.25, -0.2) is 9.48 Å². The molecule has 1 N–H and O–H groups in total. The molecule has 3 aromatic rings. The molecule has 1 amide bonds. The Kier molecular flexibility index (Phi) is 6.56. The van der Waals surface area contributed by atoms with E-state index in [1.807, 2.05) is 12.1 Å². The number of hydrogen-bond acceptors (Lipinski definition) is 5. The molecular weight excluding hydrogens is 396 g/mol. The summed E-state index contributed by atoms with van der Waals surface area (Å²) in [6.07, 6.45) is 0. The summed E-state index contributed by atoms with van der Waals surface area (Å²) in [4.78, 5) is 24.3. The average molecular weight is 417 g/mol. The summed E-state index contributed by atoms with van der Waals surface area (Å²) in [7, 11) is 3.25. The summed E-state index contributed by atoms with van der Waals surface area (Å²) in [5.41, 5.74) is 0.534. The number of hydrogen-bond donors (Lipinski definition) is 1. The minimum Gasteiger partial charge on any atom is -0.497 e. The first-order chi connectivity index (χ1) is 14.0. The van der Waals surface area contributed by atoms with Crippen LogP contribution in [0.25, 0.3) is 11.4 Å². The zero-order valence-corrected chi connectivity index (χ0v) is 16.8. The Bertz CT molecular complexity index is 1030. The molecule has 0 saturated carbocycles. The van der Waals surface area contributed by atoms with Crippen LogP contribution in [0.3, 0.4) is 0 Å². The van der Waals surface area contributed by atoms with E-state index in [2.05, 4.69) is 10.4 Å². The van der Waals surface area contributed by atoms with Gasteiger partial charge in [0, 0.05) is 24.2 Å². The Hall–Kier alpha value is -3.26. The van der Waals surface area contributed by atoms with Gasteiger partial charge in [0.05, 0.1) is 13.7 Å². The maximum Gasteiger partial charge on any atom is 0.345 e. The maximum atomic E-state index is 12.4. The molecule has 0 aliphatic heterocycles. The van der Waals surface area contributed by atoms with Crippen molar-refractivity contribution in [3.05, 3.63) is 64.0 Å². The van der Waals surface area contributed by atoms with Crippen molar-refractivity contribution in [1.29, 1.82) is 0 Å². The number of nitrogens with one attached hydrogen (secondary N) is 1. The second-order valence-corrected chi connectivity index (χ2v) is 6.65. The van der Waals surface area contributed by atoms with Gasteiger partial charge in [-0.2, -0.15) is 0 Å². The molecule has 0 unspecified atom stereocenters. The summed E-state index contributed by atoms with van der Waals surface area (Å²) < 4.78 is 13.3. The van der Waals surface area contributed by atoms with Crippen molar-refractivity contribution in [3.63, 3.8) is 0 Å². The number of aromatic nitrogens is 3. The van der Waals surface area contributed by atoms with Crippen molar-refractivity contribution >= 4 is 17.5 Å². The molecule has 3 rings (SSSR count). The number of benzene rings is 2. The van der Waals surface area contributed by atoms with Crippen LogP contribution in [0, 0.1) is 0 Å². The largest absolute Gasteiger partial charge is 0.497 e. The fraction of sp³-hybridized carbons (Fsp3) is 0.250. The number of amides is 1. The third-order valence-corrected chi connectivity index (χ3v) is 4.47. The Labute approximate surface area is 172 Å². The maximum absolute atomic E-state index is 12.4. The van der Waals surface area contributed by atoms with Gasteiger partial charge in [-0.05, 0) is 48.5 Å². The molecule has 2 aromatic carbocycles. The van der Waals surface area contributed by atoms with Gasteiger partial charge in [-0.1, -0.05) is 11.6 Å². The molecule has 0 atom stereocenters. The first kappa shape index (κ1) is 20.5. The summed E-state index contributed by atoms with van der Waals surface area (Å²) in [5.74, 6) is 1.52. The zero-order chi connectivity index (χ0) is 20.8. The molecule has 29 heavy (non-hydrogen) atoms. The molecular formula is C20H21ClN4O4. The molecule has 1 aromatic heterocycles. The second kappa shape index (κ2) is 9.29. The molecule has 0 radical (unpaired) electrons. The number of halogens is 1. The van der Waals surface area contributed by atoms with Crippen LogP contribution in [0.4, 0.5) is 0 Å². The highest BCUT2D eigenvalue weighted by atomic mass is 35.5. The van der Waals surface area contributed by atoms with Crippen LogP contribution in [0.1, 0.15) is 0 Å². The van der Waals surface area contributed by atoms with Gasteiger partial charge in [0.25, 0.3) is 5.91 Å². The Morgan fingerprint density at radius 2 is 1.76 bits per heavy atom. The summed E-state index contributed by atoms with van der Waals surface area (Å²) in [6, 6.07) is 14.0. The van der Waals surface area contributed by atoms with Crippen molar-refractivity contribution in [1.82, 2.24) is 19.7 Å². The monoisotopic (exact) mass is 416 g/mol. The quantitative estimate of drug-likeness (QED) is 0.607. The van der Waals surface area contributed by atoms with E-state index in [4.69, 9.17) is 21.1 Å².